The second-order valence-corrected chi connectivity index (χ2v) is 8.93. The quantitative estimate of drug-likeness (QED) is 0.818. The van der Waals surface area contributed by atoms with E-state index < -0.39 is 15.8 Å². The molecule has 1 heterocycles. The molecular weight excluding hydrogens is 391 g/mol. The van der Waals surface area contributed by atoms with Gasteiger partial charge in [-0.15, -0.1) is 0 Å². The highest BCUT2D eigenvalue weighted by Crippen LogP contribution is 2.24. The number of hydrogen-bond acceptors (Lipinski definition) is 3. The first-order chi connectivity index (χ1) is 12.8. The summed E-state index contributed by atoms with van der Waals surface area (Å²) >= 11 is 5.91. The first-order valence-corrected chi connectivity index (χ1v) is 10.6. The molecule has 0 aliphatic carbocycles. The molecule has 144 valence electrons. The van der Waals surface area contributed by atoms with Crippen LogP contribution in [0.15, 0.2) is 48.5 Å². The van der Waals surface area contributed by atoms with E-state index in [4.69, 9.17) is 11.6 Å². The van der Waals surface area contributed by atoms with Crippen LogP contribution in [0.5, 0.6) is 0 Å². The van der Waals surface area contributed by atoms with Gasteiger partial charge in [-0.25, -0.2) is 17.1 Å². The summed E-state index contributed by atoms with van der Waals surface area (Å²) in [5, 5.41) is 3.07. The number of carbonyl (C=O) groups is 1. The fourth-order valence-corrected chi connectivity index (χ4v) is 4.89. The summed E-state index contributed by atoms with van der Waals surface area (Å²) < 4.78 is 40.3. The number of nitrogens with one attached hydrogen (secondary N) is 1. The molecule has 5 nitrogen and oxygen atoms in total. The van der Waals surface area contributed by atoms with Crippen LogP contribution in [0.4, 0.5) is 10.1 Å². The molecule has 0 unspecified atom stereocenters. The van der Waals surface area contributed by atoms with E-state index in [1.807, 2.05) is 0 Å². The smallest absolute Gasteiger partial charge is 0.227 e. The summed E-state index contributed by atoms with van der Waals surface area (Å²) in [5.74, 6) is -1.25. The topological polar surface area (TPSA) is 66.5 Å². The van der Waals surface area contributed by atoms with Gasteiger partial charge < -0.3 is 5.32 Å². The molecule has 3 rings (SSSR count). The number of rotatable bonds is 5. The average Bonchev–Trinajstić information content (AvgIpc) is 2.63. The Morgan fingerprint density at radius 2 is 1.85 bits per heavy atom. The molecule has 2 aromatic carbocycles. The zero-order valence-corrected chi connectivity index (χ0v) is 16.1. The maximum atomic E-state index is 13.7. The van der Waals surface area contributed by atoms with E-state index in [9.17, 15) is 17.6 Å². The molecule has 0 bridgehead atoms. The number of benzene rings is 2. The van der Waals surface area contributed by atoms with Crippen molar-refractivity contribution >= 4 is 33.2 Å². The maximum absolute atomic E-state index is 13.7. The summed E-state index contributed by atoms with van der Waals surface area (Å²) in [7, 11) is -3.48. The number of nitrogens with zero attached hydrogens (tertiary/aromatic N) is 1. The molecule has 1 saturated heterocycles. The minimum Gasteiger partial charge on any atom is -0.323 e. The number of anilines is 1. The third kappa shape index (κ3) is 5.06. The fraction of sp³-hybridized carbons (Fsp3) is 0.316. The third-order valence-corrected chi connectivity index (χ3v) is 6.67. The highest BCUT2D eigenvalue weighted by molar-refractivity contribution is 7.88. The van der Waals surface area contributed by atoms with E-state index in [1.54, 1.807) is 36.4 Å². The third-order valence-electron chi connectivity index (χ3n) is 4.59. The second kappa shape index (κ2) is 8.37. The highest BCUT2D eigenvalue weighted by Gasteiger charge is 2.31. The minimum absolute atomic E-state index is 0.125. The predicted octanol–water partition coefficient (Wildman–Crippen LogP) is 3.66. The summed E-state index contributed by atoms with van der Waals surface area (Å²) in [6.45, 7) is 0.524. The molecule has 1 amide bonds. The first-order valence-electron chi connectivity index (χ1n) is 8.63. The Morgan fingerprint density at radius 1 is 1.15 bits per heavy atom. The largest absolute Gasteiger partial charge is 0.323 e. The van der Waals surface area contributed by atoms with E-state index in [-0.39, 0.29) is 36.4 Å². The first kappa shape index (κ1) is 19.8. The van der Waals surface area contributed by atoms with Crippen molar-refractivity contribution in [3.8, 4) is 0 Å². The van der Waals surface area contributed by atoms with Gasteiger partial charge in [-0.3, -0.25) is 4.79 Å². The van der Waals surface area contributed by atoms with Crippen molar-refractivity contribution in [2.45, 2.75) is 18.6 Å². The lowest BCUT2D eigenvalue weighted by molar-refractivity contribution is -0.120. The molecular formula is C19H20ClFN2O3S. The molecule has 8 heteroatoms. The number of sulfonamides is 1. The monoisotopic (exact) mass is 410 g/mol. The van der Waals surface area contributed by atoms with Crippen molar-refractivity contribution in [3.05, 3.63) is 64.9 Å². The molecule has 2 aromatic rings. The van der Waals surface area contributed by atoms with Crippen LogP contribution in [0.25, 0.3) is 0 Å². The zero-order chi connectivity index (χ0) is 19.4. The Bertz CT molecular complexity index is 928. The van der Waals surface area contributed by atoms with Gasteiger partial charge in [-0.05, 0) is 42.7 Å². The number of amides is 1. The second-order valence-electron chi connectivity index (χ2n) is 6.53. The van der Waals surface area contributed by atoms with Gasteiger partial charge in [0.2, 0.25) is 15.9 Å². The van der Waals surface area contributed by atoms with Gasteiger partial charge in [0, 0.05) is 24.0 Å². The average molecular weight is 411 g/mol. The molecule has 0 spiro atoms. The van der Waals surface area contributed by atoms with E-state index in [0.29, 0.717) is 23.4 Å². The number of hydrogen-bond donors (Lipinski definition) is 1. The summed E-state index contributed by atoms with van der Waals surface area (Å²) in [6.07, 6.45) is 0.796. The van der Waals surface area contributed by atoms with Crippen molar-refractivity contribution in [2.75, 3.05) is 18.4 Å². The van der Waals surface area contributed by atoms with Crippen LogP contribution in [0, 0.1) is 11.7 Å². The van der Waals surface area contributed by atoms with Gasteiger partial charge in [0.1, 0.15) is 5.82 Å². The van der Waals surface area contributed by atoms with E-state index in [2.05, 4.69) is 5.32 Å². The lowest BCUT2D eigenvalue weighted by Gasteiger charge is -2.30. The number of halogens is 2. The lowest BCUT2D eigenvalue weighted by atomic mass is 9.97. The normalized spacial score (nSPS) is 16.2. The molecule has 0 aromatic heterocycles. The standard InChI is InChI=1S/C19H20ClFN2O3S/c20-16-5-3-4-14(12-16)13-27(25,26)23-10-8-15(9-11-23)19(24)22-18-7-2-1-6-17(18)21/h1-7,12,15H,8-11,13H2,(H,22,24). The SMILES string of the molecule is O=C(Nc1ccccc1F)C1CCN(S(=O)(=O)Cc2cccc(Cl)c2)CC1. The Labute approximate surface area is 163 Å². The van der Waals surface area contributed by atoms with Crippen molar-refractivity contribution in [2.24, 2.45) is 5.92 Å². The minimum atomic E-state index is -3.48. The molecule has 0 saturated carbocycles. The van der Waals surface area contributed by atoms with Gasteiger partial charge in [-0.1, -0.05) is 35.9 Å². The lowest BCUT2D eigenvalue weighted by Crippen LogP contribution is -2.41. The van der Waals surface area contributed by atoms with Gasteiger partial charge in [0.25, 0.3) is 0 Å². The molecule has 27 heavy (non-hydrogen) atoms. The van der Waals surface area contributed by atoms with Crippen LogP contribution < -0.4 is 5.32 Å². The zero-order valence-electron chi connectivity index (χ0n) is 14.6. The Balaban J connectivity index is 1.58. The fourth-order valence-electron chi connectivity index (χ4n) is 3.12. The predicted molar refractivity (Wildman–Crippen MR) is 103 cm³/mol. The van der Waals surface area contributed by atoms with Crippen molar-refractivity contribution in [3.63, 3.8) is 0 Å². The molecule has 1 N–H and O–H groups in total. The van der Waals surface area contributed by atoms with Crippen LogP contribution in [-0.4, -0.2) is 31.7 Å². The number of para-hydroxylation sites is 1. The van der Waals surface area contributed by atoms with Crippen LogP contribution >= 0.6 is 11.6 Å². The Morgan fingerprint density at radius 3 is 2.52 bits per heavy atom. The summed E-state index contributed by atoms with van der Waals surface area (Å²) in [6, 6.07) is 12.7. The van der Waals surface area contributed by atoms with Crippen LogP contribution in [0.2, 0.25) is 5.02 Å². The van der Waals surface area contributed by atoms with Crippen molar-refractivity contribution in [1.82, 2.24) is 4.31 Å². The molecule has 0 atom stereocenters. The van der Waals surface area contributed by atoms with Crippen molar-refractivity contribution < 1.29 is 17.6 Å². The van der Waals surface area contributed by atoms with Gasteiger partial charge in [0.05, 0.1) is 11.4 Å². The van der Waals surface area contributed by atoms with E-state index in [1.165, 1.54) is 16.4 Å². The molecule has 1 fully saturated rings. The van der Waals surface area contributed by atoms with Crippen LogP contribution in [-0.2, 0) is 20.6 Å². The van der Waals surface area contributed by atoms with Gasteiger partial charge >= 0.3 is 0 Å². The highest BCUT2D eigenvalue weighted by atomic mass is 35.5. The Hall–Kier alpha value is -1.96. The Kier molecular flexibility index (Phi) is 6.14. The maximum Gasteiger partial charge on any atom is 0.227 e. The molecule has 0 radical (unpaired) electrons. The number of piperidine rings is 1. The molecule has 1 aliphatic rings. The van der Waals surface area contributed by atoms with Crippen molar-refractivity contribution in [1.29, 1.82) is 0 Å². The summed E-state index contributed by atoms with van der Waals surface area (Å²) in [5.41, 5.74) is 0.764. The van der Waals surface area contributed by atoms with E-state index in [0.717, 1.165) is 0 Å². The van der Waals surface area contributed by atoms with Crippen LogP contribution in [0.1, 0.15) is 18.4 Å². The van der Waals surface area contributed by atoms with Crippen LogP contribution in [0.3, 0.4) is 0 Å². The van der Waals surface area contributed by atoms with Gasteiger partial charge in [0.15, 0.2) is 0 Å². The number of carbonyl (C=O) groups excluding carboxylic acids is 1. The molecule has 1 aliphatic heterocycles. The summed E-state index contributed by atoms with van der Waals surface area (Å²) in [4.78, 5) is 12.3. The van der Waals surface area contributed by atoms with Gasteiger partial charge in [-0.2, -0.15) is 0 Å². The van der Waals surface area contributed by atoms with E-state index >= 15 is 0 Å².